The van der Waals surface area contributed by atoms with E-state index in [2.05, 4.69) is 40.5 Å². The van der Waals surface area contributed by atoms with Crippen molar-refractivity contribution in [2.75, 3.05) is 6.61 Å². The summed E-state index contributed by atoms with van der Waals surface area (Å²) in [5.74, 6) is 0.477. The molecule has 2 aliphatic rings. The second kappa shape index (κ2) is 8.83. The maximum Gasteiger partial charge on any atom is 0.255 e. The molecular weight excluding hydrogens is 400 g/mol. The molecule has 2 saturated heterocycles. The van der Waals surface area contributed by atoms with E-state index >= 15 is 0 Å². The number of fused-ring (bicyclic) bond motifs is 3. The highest BCUT2D eigenvalue weighted by Gasteiger charge is 2.41. The van der Waals surface area contributed by atoms with Gasteiger partial charge < -0.3 is 15.2 Å². The van der Waals surface area contributed by atoms with Crippen molar-refractivity contribution in [1.82, 2.24) is 10.2 Å². The fraction of sp³-hybridized carbons (Fsp3) is 0.370. The zero-order valence-corrected chi connectivity index (χ0v) is 18.5. The van der Waals surface area contributed by atoms with Gasteiger partial charge in [0.1, 0.15) is 11.5 Å². The van der Waals surface area contributed by atoms with Crippen molar-refractivity contribution in [2.24, 2.45) is 0 Å². The minimum atomic E-state index is -0.171. The van der Waals surface area contributed by atoms with Crippen LogP contribution in [0, 0.1) is 0 Å². The topological polar surface area (TPSA) is 61.8 Å². The summed E-state index contributed by atoms with van der Waals surface area (Å²) in [7, 11) is 0. The monoisotopic (exact) mass is 430 g/mol. The van der Waals surface area contributed by atoms with Crippen LogP contribution in [0.5, 0.6) is 11.5 Å². The van der Waals surface area contributed by atoms with Gasteiger partial charge in [-0.2, -0.15) is 0 Å². The van der Waals surface area contributed by atoms with Crippen LogP contribution in [0.4, 0.5) is 0 Å². The van der Waals surface area contributed by atoms with Gasteiger partial charge in [-0.15, -0.1) is 0 Å². The van der Waals surface area contributed by atoms with E-state index in [1.54, 1.807) is 6.07 Å². The minimum Gasteiger partial charge on any atom is -0.507 e. The Bertz CT molecular complexity index is 1100. The standard InChI is InChI=1S/C27H30N2O3/c1-2-32-26-23-11-7-6-10-22(23)25(30)16-24(26)27(31)28-19-14-20-12-13-21(15-19)29(20)17-18-8-4-3-5-9-18/h3-11,16,19-21,30H,2,12-15,17H2,1H3,(H,28,31). The molecule has 2 aliphatic heterocycles. The average Bonchev–Trinajstić information content (AvgIpc) is 3.03. The molecule has 166 valence electrons. The van der Waals surface area contributed by atoms with Gasteiger partial charge in [-0.3, -0.25) is 9.69 Å². The number of benzene rings is 3. The molecule has 2 bridgehead atoms. The summed E-state index contributed by atoms with van der Waals surface area (Å²) in [6, 6.07) is 20.8. The van der Waals surface area contributed by atoms with Crippen LogP contribution in [0.25, 0.3) is 10.8 Å². The van der Waals surface area contributed by atoms with Crippen molar-refractivity contribution >= 4 is 16.7 Å². The molecular formula is C27H30N2O3. The van der Waals surface area contributed by atoms with E-state index in [-0.39, 0.29) is 17.7 Å². The summed E-state index contributed by atoms with van der Waals surface area (Å²) in [5.41, 5.74) is 1.75. The number of ether oxygens (including phenoxy) is 1. The van der Waals surface area contributed by atoms with Gasteiger partial charge in [0.2, 0.25) is 0 Å². The van der Waals surface area contributed by atoms with Gasteiger partial charge in [0, 0.05) is 35.4 Å². The lowest BCUT2D eigenvalue weighted by molar-refractivity contribution is 0.0824. The van der Waals surface area contributed by atoms with E-state index in [1.165, 1.54) is 18.4 Å². The molecule has 2 atom stereocenters. The molecule has 5 nitrogen and oxygen atoms in total. The molecule has 2 heterocycles. The van der Waals surface area contributed by atoms with E-state index in [0.29, 0.717) is 35.4 Å². The van der Waals surface area contributed by atoms with Gasteiger partial charge in [-0.1, -0.05) is 54.6 Å². The van der Waals surface area contributed by atoms with Crippen LogP contribution >= 0.6 is 0 Å². The highest BCUT2D eigenvalue weighted by molar-refractivity contribution is 6.06. The maximum atomic E-state index is 13.3. The van der Waals surface area contributed by atoms with Gasteiger partial charge in [0.05, 0.1) is 12.2 Å². The highest BCUT2D eigenvalue weighted by atomic mass is 16.5. The molecule has 0 spiro atoms. The van der Waals surface area contributed by atoms with Crippen LogP contribution in [0.15, 0.2) is 60.7 Å². The molecule has 3 aromatic rings. The fourth-order valence-electron chi connectivity index (χ4n) is 5.51. The molecule has 0 aliphatic carbocycles. The Kier molecular flexibility index (Phi) is 5.75. The average molecular weight is 431 g/mol. The van der Waals surface area contributed by atoms with Crippen LogP contribution in [-0.2, 0) is 6.54 Å². The summed E-state index contributed by atoms with van der Waals surface area (Å²) in [6.07, 6.45) is 4.28. The highest BCUT2D eigenvalue weighted by Crippen LogP contribution is 2.39. The van der Waals surface area contributed by atoms with Crippen molar-refractivity contribution < 1.29 is 14.6 Å². The number of amides is 1. The zero-order valence-electron chi connectivity index (χ0n) is 18.5. The molecule has 2 N–H and O–H groups in total. The number of carbonyl (C=O) groups is 1. The third kappa shape index (κ3) is 3.93. The summed E-state index contributed by atoms with van der Waals surface area (Å²) in [5, 5.41) is 15.2. The van der Waals surface area contributed by atoms with Crippen LogP contribution in [-0.4, -0.2) is 40.6 Å². The molecule has 3 aromatic carbocycles. The lowest BCUT2D eigenvalue weighted by Crippen LogP contribution is -2.50. The van der Waals surface area contributed by atoms with E-state index < -0.39 is 0 Å². The Labute approximate surface area is 189 Å². The molecule has 0 saturated carbocycles. The lowest BCUT2D eigenvalue weighted by Gasteiger charge is -2.39. The van der Waals surface area contributed by atoms with E-state index in [9.17, 15) is 9.90 Å². The molecule has 2 unspecified atom stereocenters. The maximum absolute atomic E-state index is 13.3. The summed E-state index contributed by atoms with van der Waals surface area (Å²) in [4.78, 5) is 15.9. The summed E-state index contributed by atoms with van der Waals surface area (Å²) >= 11 is 0. The Morgan fingerprint density at radius 1 is 1.03 bits per heavy atom. The van der Waals surface area contributed by atoms with Crippen molar-refractivity contribution in [3.8, 4) is 11.5 Å². The van der Waals surface area contributed by atoms with Crippen molar-refractivity contribution in [3.63, 3.8) is 0 Å². The van der Waals surface area contributed by atoms with E-state index in [0.717, 1.165) is 24.8 Å². The quantitative estimate of drug-likeness (QED) is 0.586. The molecule has 2 fully saturated rings. The first kappa shape index (κ1) is 20.8. The lowest BCUT2D eigenvalue weighted by atomic mass is 9.95. The number of nitrogens with zero attached hydrogens (tertiary/aromatic N) is 1. The Balaban J connectivity index is 1.33. The number of phenolic OH excluding ortho intramolecular Hbond substituents is 1. The molecule has 32 heavy (non-hydrogen) atoms. The summed E-state index contributed by atoms with van der Waals surface area (Å²) < 4.78 is 5.87. The van der Waals surface area contributed by atoms with E-state index in [4.69, 9.17) is 4.74 Å². The van der Waals surface area contributed by atoms with Crippen molar-refractivity contribution in [3.05, 3.63) is 71.8 Å². The van der Waals surface area contributed by atoms with Crippen molar-refractivity contribution in [2.45, 2.75) is 57.3 Å². The molecule has 0 aromatic heterocycles. The van der Waals surface area contributed by atoms with Crippen LogP contribution in [0.3, 0.4) is 0 Å². The number of carbonyl (C=O) groups excluding carboxylic acids is 1. The van der Waals surface area contributed by atoms with Gasteiger partial charge >= 0.3 is 0 Å². The molecule has 5 heteroatoms. The predicted molar refractivity (Wildman–Crippen MR) is 126 cm³/mol. The zero-order chi connectivity index (χ0) is 22.1. The van der Waals surface area contributed by atoms with Crippen LogP contribution in [0.2, 0.25) is 0 Å². The first-order valence-electron chi connectivity index (χ1n) is 11.6. The largest absolute Gasteiger partial charge is 0.507 e. The minimum absolute atomic E-state index is 0.104. The fourth-order valence-corrected chi connectivity index (χ4v) is 5.51. The molecule has 5 rings (SSSR count). The Morgan fingerprint density at radius 2 is 1.69 bits per heavy atom. The number of phenols is 1. The molecule has 0 radical (unpaired) electrons. The number of nitrogens with one attached hydrogen (secondary N) is 1. The number of piperidine rings is 1. The second-order valence-corrected chi connectivity index (χ2v) is 8.94. The van der Waals surface area contributed by atoms with Gasteiger partial charge in [0.25, 0.3) is 5.91 Å². The van der Waals surface area contributed by atoms with Gasteiger partial charge in [0.15, 0.2) is 0 Å². The Morgan fingerprint density at radius 3 is 2.38 bits per heavy atom. The smallest absolute Gasteiger partial charge is 0.255 e. The van der Waals surface area contributed by atoms with Crippen LogP contribution < -0.4 is 10.1 Å². The third-order valence-electron chi connectivity index (χ3n) is 6.93. The van der Waals surface area contributed by atoms with E-state index in [1.807, 2.05) is 31.2 Å². The third-order valence-corrected chi connectivity index (χ3v) is 6.93. The number of hydrogen-bond donors (Lipinski definition) is 2. The van der Waals surface area contributed by atoms with Gasteiger partial charge in [-0.05, 0) is 44.2 Å². The predicted octanol–water partition coefficient (Wildman–Crippen LogP) is 4.87. The first-order valence-corrected chi connectivity index (χ1v) is 11.6. The Hall–Kier alpha value is -3.05. The second-order valence-electron chi connectivity index (χ2n) is 8.94. The number of aromatic hydroxyl groups is 1. The van der Waals surface area contributed by atoms with Gasteiger partial charge in [-0.25, -0.2) is 0 Å². The number of hydrogen-bond acceptors (Lipinski definition) is 4. The SMILES string of the molecule is CCOc1c(C(=O)NC2CC3CCC(C2)N3Cc2ccccc2)cc(O)c2ccccc12. The first-order chi connectivity index (χ1) is 15.6. The van der Waals surface area contributed by atoms with Crippen LogP contribution in [0.1, 0.15) is 48.5 Å². The molecule has 1 amide bonds. The normalized spacial score (nSPS) is 22.7. The van der Waals surface area contributed by atoms with Crippen molar-refractivity contribution in [1.29, 1.82) is 0 Å². The summed E-state index contributed by atoms with van der Waals surface area (Å²) in [6.45, 7) is 3.34. The number of rotatable bonds is 6.